The van der Waals surface area contributed by atoms with E-state index in [1.165, 1.54) is 23.6 Å². The van der Waals surface area contributed by atoms with Crippen LogP contribution in [0.1, 0.15) is 36.6 Å². The molecule has 0 bridgehead atoms. The summed E-state index contributed by atoms with van der Waals surface area (Å²) in [6.07, 6.45) is 5.78. The molecule has 2 aromatic rings. The fraction of sp³-hybridized carbons (Fsp3) is 0.444. The summed E-state index contributed by atoms with van der Waals surface area (Å²) < 4.78 is 15.9. The first-order chi connectivity index (χ1) is 11.5. The molecule has 1 aliphatic heterocycles. The van der Waals surface area contributed by atoms with Crippen molar-refractivity contribution in [1.29, 1.82) is 0 Å². The Morgan fingerprint density at radius 1 is 1.46 bits per heavy atom. The van der Waals surface area contributed by atoms with Crippen molar-refractivity contribution in [2.24, 2.45) is 11.0 Å². The molecule has 1 aromatic carbocycles. The monoisotopic (exact) mass is 329 g/mol. The number of anilines is 1. The third-order valence-electron chi connectivity index (χ3n) is 4.38. The number of imidazole rings is 1. The second-order valence-corrected chi connectivity index (χ2v) is 6.66. The average molecular weight is 329 g/mol. The second kappa shape index (κ2) is 7.13. The van der Waals surface area contributed by atoms with Crippen molar-refractivity contribution in [1.82, 2.24) is 14.6 Å². The third kappa shape index (κ3) is 4.00. The summed E-state index contributed by atoms with van der Waals surface area (Å²) in [5, 5.41) is 4.22. The lowest BCUT2D eigenvalue weighted by Crippen LogP contribution is -2.33. The van der Waals surface area contributed by atoms with Crippen molar-refractivity contribution in [3.8, 4) is 0 Å². The van der Waals surface area contributed by atoms with Crippen molar-refractivity contribution in [3.05, 3.63) is 47.0 Å². The first kappa shape index (κ1) is 16.6. The van der Waals surface area contributed by atoms with Gasteiger partial charge in [-0.25, -0.2) is 14.1 Å². The largest absolute Gasteiger partial charge is 0.368 e. The molecule has 1 aliphatic rings. The van der Waals surface area contributed by atoms with Crippen molar-refractivity contribution >= 4 is 12.2 Å². The zero-order chi connectivity index (χ0) is 17.1. The van der Waals surface area contributed by atoms with Gasteiger partial charge in [-0.15, -0.1) is 0 Å². The number of rotatable bonds is 4. The average Bonchev–Trinajstić information content (AvgIpc) is 2.85. The van der Waals surface area contributed by atoms with Gasteiger partial charge in [0.2, 0.25) is 5.95 Å². The fourth-order valence-electron chi connectivity index (χ4n) is 3.17. The van der Waals surface area contributed by atoms with Gasteiger partial charge in [-0.2, -0.15) is 5.10 Å². The number of aromatic nitrogens is 2. The number of aryl methyl sites for hydroxylation is 1. The zero-order valence-electron chi connectivity index (χ0n) is 14.2. The molecule has 0 aliphatic carbocycles. The number of benzene rings is 1. The van der Waals surface area contributed by atoms with E-state index in [1.54, 1.807) is 12.4 Å². The SMILES string of the molecule is Cc1cn(N=Cc2ccc(CN3CCCC(C)C3)c(F)c2)c(N)n1. The number of nitrogens with two attached hydrogens (primary N) is 1. The Morgan fingerprint density at radius 3 is 2.96 bits per heavy atom. The maximum Gasteiger partial charge on any atom is 0.221 e. The standard InChI is InChI=1S/C18H24FN5/c1-13-4-3-7-23(10-13)12-16-6-5-15(8-17(16)19)9-21-24-11-14(2)22-18(24)20/h5-6,8-9,11,13H,3-4,7,10,12H2,1-2H3,(H2,20,22). The molecule has 1 aromatic heterocycles. The summed E-state index contributed by atoms with van der Waals surface area (Å²) >= 11 is 0. The van der Waals surface area contributed by atoms with Crippen LogP contribution in [0.15, 0.2) is 29.5 Å². The van der Waals surface area contributed by atoms with Gasteiger partial charge in [-0.3, -0.25) is 4.90 Å². The molecule has 5 nitrogen and oxygen atoms in total. The van der Waals surface area contributed by atoms with Crippen LogP contribution in [0, 0.1) is 18.7 Å². The van der Waals surface area contributed by atoms with E-state index in [-0.39, 0.29) is 5.82 Å². The Hall–Kier alpha value is -2.21. The van der Waals surface area contributed by atoms with Crippen molar-refractivity contribution in [2.45, 2.75) is 33.2 Å². The first-order valence-corrected chi connectivity index (χ1v) is 8.38. The number of halogens is 1. The van der Waals surface area contributed by atoms with Gasteiger partial charge in [-0.1, -0.05) is 19.1 Å². The third-order valence-corrected chi connectivity index (χ3v) is 4.38. The Bertz CT molecular complexity index is 737. The van der Waals surface area contributed by atoms with E-state index in [0.29, 0.717) is 24.0 Å². The molecule has 3 rings (SSSR count). The number of nitrogens with zero attached hydrogens (tertiary/aromatic N) is 4. The number of nitrogen functional groups attached to an aromatic ring is 1. The van der Waals surface area contributed by atoms with Crippen molar-refractivity contribution in [2.75, 3.05) is 18.8 Å². The smallest absolute Gasteiger partial charge is 0.221 e. The lowest BCUT2D eigenvalue weighted by atomic mass is 9.99. The van der Waals surface area contributed by atoms with Crippen molar-refractivity contribution in [3.63, 3.8) is 0 Å². The number of likely N-dealkylation sites (tertiary alicyclic amines) is 1. The predicted molar refractivity (Wildman–Crippen MR) is 94.4 cm³/mol. The Balaban J connectivity index is 1.69. The van der Waals surface area contributed by atoms with E-state index < -0.39 is 0 Å². The molecule has 1 atom stereocenters. The van der Waals surface area contributed by atoms with Crippen LogP contribution < -0.4 is 5.73 Å². The minimum atomic E-state index is -0.188. The van der Waals surface area contributed by atoms with Crippen LogP contribution in [0.3, 0.4) is 0 Å². The van der Waals surface area contributed by atoms with E-state index >= 15 is 0 Å². The molecule has 0 saturated carbocycles. The van der Waals surface area contributed by atoms with Crippen LogP contribution in [0.25, 0.3) is 0 Å². The molecule has 2 N–H and O–H groups in total. The molecule has 0 spiro atoms. The van der Waals surface area contributed by atoms with Crippen molar-refractivity contribution < 1.29 is 4.39 Å². The van der Waals surface area contributed by atoms with Crippen LogP contribution in [-0.2, 0) is 6.54 Å². The number of hydrogen-bond donors (Lipinski definition) is 1. The van der Waals surface area contributed by atoms with Gasteiger partial charge >= 0.3 is 0 Å². The minimum absolute atomic E-state index is 0.188. The van der Waals surface area contributed by atoms with E-state index in [0.717, 1.165) is 24.3 Å². The number of piperidine rings is 1. The molecule has 6 heteroatoms. The minimum Gasteiger partial charge on any atom is -0.368 e. The highest BCUT2D eigenvalue weighted by Gasteiger charge is 2.17. The number of hydrogen-bond acceptors (Lipinski definition) is 4. The first-order valence-electron chi connectivity index (χ1n) is 8.38. The molecular formula is C18H24FN5. The highest BCUT2D eigenvalue weighted by atomic mass is 19.1. The maximum absolute atomic E-state index is 14.4. The molecule has 128 valence electrons. The van der Waals surface area contributed by atoms with Gasteiger partial charge in [0.1, 0.15) is 5.82 Å². The summed E-state index contributed by atoms with van der Waals surface area (Å²) in [6, 6.07) is 5.25. The summed E-state index contributed by atoms with van der Waals surface area (Å²) in [4.78, 5) is 6.40. The summed E-state index contributed by atoms with van der Waals surface area (Å²) in [5.41, 5.74) is 7.97. The topological polar surface area (TPSA) is 59.4 Å². The Labute approximate surface area is 142 Å². The van der Waals surface area contributed by atoms with Crippen LogP contribution in [-0.4, -0.2) is 33.9 Å². The zero-order valence-corrected chi connectivity index (χ0v) is 14.2. The molecular weight excluding hydrogens is 305 g/mol. The van der Waals surface area contributed by atoms with Crippen LogP contribution in [0.4, 0.5) is 10.3 Å². The summed E-state index contributed by atoms with van der Waals surface area (Å²) in [5.74, 6) is 0.823. The van der Waals surface area contributed by atoms with Gasteiger partial charge in [-0.05, 0) is 43.9 Å². The van der Waals surface area contributed by atoms with Gasteiger partial charge in [0, 0.05) is 18.7 Å². The molecule has 1 fully saturated rings. The van der Waals surface area contributed by atoms with Gasteiger partial charge in [0.05, 0.1) is 18.1 Å². The summed E-state index contributed by atoms with van der Waals surface area (Å²) in [6.45, 7) is 6.86. The van der Waals surface area contributed by atoms with E-state index in [1.807, 2.05) is 19.1 Å². The van der Waals surface area contributed by atoms with E-state index in [4.69, 9.17) is 5.73 Å². The lowest BCUT2D eigenvalue weighted by Gasteiger charge is -2.30. The normalized spacial score (nSPS) is 19.2. The molecule has 1 unspecified atom stereocenters. The van der Waals surface area contributed by atoms with Gasteiger partial charge in [0.25, 0.3) is 0 Å². The van der Waals surface area contributed by atoms with E-state index in [2.05, 4.69) is 21.9 Å². The molecule has 1 saturated heterocycles. The predicted octanol–water partition coefficient (Wildman–Crippen LogP) is 3.03. The summed E-state index contributed by atoms with van der Waals surface area (Å²) in [7, 11) is 0. The molecule has 0 radical (unpaired) electrons. The molecule has 2 heterocycles. The van der Waals surface area contributed by atoms with Crippen LogP contribution >= 0.6 is 0 Å². The maximum atomic E-state index is 14.4. The lowest BCUT2D eigenvalue weighted by molar-refractivity contribution is 0.175. The van der Waals surface area contributed by atoms with Crippen LogP contribution in [0.5, 0.6) is 0 Å². The molecule has 0 amide bonds. The second-order valence-electron chi connectivity index (χ2n) is 6.66. The quantitative estimate of drug-likeness (QED) is 0.877. The molecule has 24 heavy (non-hydrogen) atoms. The highest BCUT2D eigenvalue weighted by molar-refractivity contribution is 5.79. The Kier molecular flexibility index (Phi) is 4.94. The Morgan fingerprint density at radius 2 is 2.29 bits per heavy atom. The van der Waals surface area contributed by atoms with Gasteiger partial charge in [0.15, 0.2) is 0 Å². The van der Waals surface area contributed by atoms with Gasteiger partial charge < -0.3 is 5.73 Å². The fourth-order valence-corrected chi connectivity index (χ4v) is 3.17. The highest BCUT2D eigenvalue weighted by Crippen LogP contribution is 2.19. The van der Waals surface area contributed by atoms with E-state index in [9.17, 15) is 4.39 Å². The van der Waals surface area contributed by atoms with Crippen LogP contribution in [0.2, 0.25) is 0 Å².